The lowest BCUT2D eigenvalue weighted by Gasteiger charge is -2.19. The van der Waals surface area contributed by atoms with Crippen molar-refractivity contribution in [3.63, 3.8) is 0 Å². The van der Waals surface area contributed by atoms with Crippen LogP contribution in [-0.2, 0) is 0 Å². The highest BCUT2D eigenvalue weighted by atomic mass is 16.5. The molecule has 2 atom stereocenters. The molecule has 0 aliphatic carbocycles. The fraction of sp³-hybridized carbons (Fsp3) is 0.235. The van der Waals surface area contributed by atoms with Gasteiger partial charge in [-0.3, -0.25) is 4.99 Å². The van der Waals surface area contributed by atoms with E-state index in [1.165, 1.54) is 5.56 Å². The first-order chi connectivity index (χ1) is 10.3. The van der Waals surface area contributed by atoms with Crippen LogP contribution in [0.2, 0.25) is 0 Å². The van der Waals surface area contributed by atoms with Gasteiger partial charge in [-0.2, -0.15) is 0 Å². The first kappa shape index (κ1) is 13.5. The van der Waals surface area contributed by atoms with Gasteiger partial charge in [0.2, 0.25) is 0 Å². The molecular weight excluding hydrogens is 264 g/mol. The predicted octanol–water partition coefficient (Wildman–Crippen LogP) is 3.12. The highest BCUT2D eigenvalue weighted by Gasteiger charge is 2.27. The Morgan fingerprint density at radius 3 is 1.86 bits per heavy atom. The van der Waals surface area contributed by atoms with Crippen molar-refractivity contribution >= 4 is 6.34 Å². The lowest BCUT2D eigenvalue weighted by Crippen LogP contribution is -2.18. The zero-order valence-corrected chi connectivity index (χ0v) is 12.1. The van der Waals surface area contributed by atoms with E-state index in [-0.39, 0.29) is 12.1 Å². The zero-order valence-electron chi connectivity index (χ0n) is 12.1. The minimum Gasteiger partial charge on any atom is -0.497 e. The fourth-order valence-electron chi connectivity index (χ4n) is 2.55. The molecule has 0 spiro atoms. The van der Waals surface area contributed by atoms with Crippen LogP contribution in [0.15, 0.2) is 53.5 Å². The summed E-state index contributed by atoms with van der Waals surface area (Å²) in [5.74, 6) is 1.72. The first-order valence-electron chi connectivity index (χ1n) is 6.87. The molecule has 0 fully saturated rings. The van der Waals surface area contributed by atoms with Crippen molar-refractivity contribution in [1.82, 2.24) is 5.32 Å². The van der Waals surface area contributed by atoms with Gasteiger partial charge in [-0.15, -0.1) is 0 Å². The number of methoxy groups -OCH3 is 2. The summed E-state index contributed by atoms with van der Waals surface area (Å²) in [5.41, 5.74) is 2.35. The van der Waals surface area contributed by atoms with Crippen molar-refractivity contribution in [2.75, 3.05) is 14.2 Å². The van der Waals surface area contributed by atoms with E-state index in [9.17, 15) is 0 Å². The number of hydrogen-bond donors (Lipinski definition) is 1. The van der Waals surface area contributed by atoms with E-state index in [1.807, 2.05) is 24.3 Å². The number of hydrogen-bond acceptors (Lipinski definition) is 4. The Kier molecular flexibility index (Phi) is 3.77. The van der Waals surface area contributed by atoms with Gasteiger partial charge in [-0.05, 0) is 35.4 Å². The molecule has 0 saturated carbocycles. The Bertz CT molecular complexity index is 620. The number of benzene rings is 2. The molecule has 1 N–H and O–H groups in total. The van der Waals surface area contributed by atoms with Crippen LogP contribution in [0.1, 0.15) is 23.2 Å². The smallest absolute Gasteiger partial charge is 0.118 e. The van der Waals surface area contributed by atoms with Gasteiger partial charge in [0.05, 0.1) is 26.6 Å². The van der Waals surface area contributed by atoms with Crippen molar-refractivity contribution in [2.24, 2.45) is 4.99 Å². The Balaban J connectivity index is 1.84. The van der Waals surface area contributed by atoms with Gasteiger partial charge in [0.25, 0.3) is 0 Å². The number of rotatable bonds is 4. The van der Waals surface area contributed by atoms with Gasteiger partial charge in [0.15, 0.2) is 0 Å². The third kappa shape index (κ3) is 2.70. The molecule has 4 heteroatoms. The number of nitrogens with one attached hydrogen (secondary N) is 1. The molecular formula is C17H18N2O2. The normalized spacial score (nSPS) is 20.1. The lowest BCUT2D eigenvalue weighted by atomic mass is 9.95. The van der Waals surface area contributed by atoms with E-state index < -0.39 is 0 Å². The van der Waals surface area contributed by atoms with Crippen molar-refractivity contribution in [3.05, 3.63) is 59.7 Å². The average molecular weight is 282 g/mol. The topological polar surface area (TPSA) is 42.8 Å². The average Bonchev–Trinajstić information content (AvgIpc) is 3.04. The SMILES string of the molecule is COc1ccc([C@H]2NC=N[C@H]2c2ccc(OC)cc2)cc1. The minimum absolute atomic E-state index is 0.0734. The molecule has 1 aliphatic heterocycles. The van der Waals surface area contributed by atoms with E-state index in [0.717, 1.165) is 17.1 Å². The van der Waals surface area contributed by atoms with Gasteiger partial charge >= 0.3 is 0 Å². The van der Waals surface area contributed by atoms with Gasteiger partial charge in [-0.1, -0.05) is 24.3 Å². The second-order valence-corrected chi connectivity index (χ2v) is 4.91. The standard InChI is InChI=1S/C17H18N2O2/c1-20-14-7-3-12(4-8-14)16-17(19-11-18-16)13-5-9-15(21-2)10-6-13/h3-11,16-17H,1-2H3,(H,18,19)/t16-,17+. The molecule has 3 rings (SSSR count). The van der Waals surface area contributed by atoms with Crippen LogP contribution in [0.25, 0.3) is 0 Å². The van der Waals surface area contributed by atoms with E-state index in [1.54, 1.807) is 20.6 Å². The van der Waals surface area contributed by atoms with Crippen molar-refractivity contribution in [1.29, 1.82) is 0 Å². The highest BCUT2D eigenvalue weighted by molar-refractivity contribution is 5.60. The van der Waals surface area contributed by atoms with Crippen molar-refractivity contribution in [3.8, 4) is 11.5 Å². The molecule has 0 saturated heterocycles. The summed E-state index contributed by atoms with van der Waals surface area (Å²) in [7, 11) is 3.34. The monoisotopic (exact) mass is 282 g/mol. The first-order valence-corrected chi connectivity index (χ1v) is 6.87. The molecule has 1 heterocycles. The summed E-state index contributed by atoms with van der Waals surface area (Å²) >= 11 is 0. The van der Waals surface area contributed by atoms with Gasteiger partial charge < -0.3 is 14.8 Å². The quantitative estimate of drug-likeness (QED) is 0.937. The molecule has 0 aromatic heterocycles. The van der Waals surface area contributed by atoms with Gasteiger partial charge in [0.1, 0.15) is 17.5 Å². The summed E-state index contributed by atoms with van der Waals surface area (Å²) in [4.78, 5) is 4.55. The van der Waals surface area contributed by atoms with Crippen LogP contribution >= 0.6 is 0 Å². The van der Waals surface area contributed by atoms with Gasteiger partial charge in [-0.25, -0.2) is 0 Å². The van der Waals surface area contributed by atoms with Crippen LogP contribution in [0.5, 0.6) is 11.5 Å². The second-order valence-electron chi connectivity index (χ2n) is 4.91. The Hall–Kier alpha value is -2.49. The highest BCUT2D eigenvalue weighted by Crippen LogP contribution is 2.35. The minimum atomic E-state index is 0.0734. The summed E-state index contributed by atoms with van der Waals surface area (Å²) in [5, 5.41) is 3.32. The molecule has 2 aromatic rings. The predicted molar refractivity (Wildman–Crippen MR) is 83.1 cm³/mol. The Morgan fingerprint density at radius 2 is 1.33 bits per heavy atom. The molecule has 0 unspecified atom stereocenters. The lowest BCUT2D eigenvalue weighted by molar-refractivity contribution is 0.414. The molecule has 2 aromatic carbocycles. The molecule has 21 heavy (non-hydrogen) atoms. The number of ether oxygens (including phenoxy) is 2. The van der Waals surface area contributed by atoms with Crippen LogP contribution in [0, 0.1) is 0 Å². The van der Waals surface area contributed by atoms with Crippen LogP contribution in [0.3, 0.4) is 0 Å². The zero-order chi connectivity index (χ0) is 14.7. The van der Waals surface area contributed by atoms with E-state index >= 15 is 0 Å². The van der Waals surface area contributed by atoms with Crippen LogP contribution in [0.4, 0.5) is 0 Å². The Labute approximate surface area is 124 Å². The van der Waals surface area contributed by atoms with Crippen molar-refractivity contribution < 1.29 is 9.47 Å². The van der Waals surface area contributed by atoms with Crippen LogP contribution in [-0.4, -0.2) is 20.6 Å². The van der Waals surface area contributed by atoms with E-state index in [0.29, 0.717) is 0 Å². The van der Waals surface area contributed by atoms with E-state index in [2.05, 4.69) is 34.6 Å². The largest absolute Gasteiger partial charge is 0.497 e. The third-order valence-corrected chi connectivity index (χ3v) is 3.74. The summed E-state index contributed by atoms with van der Waals surface area (Å²) < 4.78 is 10.4. The number of aliphatic imine (C=N–C) groups is 1. The molecule has 0 amide bonds. The summed E-state index contributed by atoms with van der Waals surface area (Å²) in [6, 6.07) is 16.4. The number of nitrogens with zero attached hydrogens (tertiary/aromatic N) is 1. The molecule has 0 radical (unpaired) electrons. The Morgan fingerprint density at radius 1 is 0.810 bits per heavy atom. The molecule has 4 nitrogen and oxygen atoms in total. The second kappa shape index (κ2) is 5.87. The van der Waals surface area contributed by atoms with Crippen molar-refractivity contribution in [2.45, 2.75) is 12.1 Å². The van der Waals surface area contributed by atoms with E-state index in [4.69, 9.17) is 9.47 Å². The van der Waals surface area contributed by atoms with Gasteiger partial charge in [0, 0.05) is 0 Å². The maximum atomic E-state index is 5.20. The van der Waals surface area contributed by atoms with Crippen LogP contribution < -0.4 is 14.8 Å². The summed E-state index contributed by atoms with van der Waals surface area (Å²) in [6.45, 7) is 0. The third-order valence-electron chi connectivity index (χ3n) is 3.74. The molecule has 108 valence electrons. The maximum Gasteiger partial charge on any atom is 0.118 e. The summed E-state index contributed by atoms with van der Waals surface area (Å²) in [6.07, 6.45) is 1.78. The fourth-order valence-corrected chi connectivity index (χ4v) is 2.55. The molecule has 1 aliphatic rings. The maximum absolute atomic E-state index is 5.20. The molecule has 0 bridgehead atoms.